The van der Waals surface area contributed by atoms with Crippen molar-refractivity contribution in [2.45, 2.75) is 143 Å². The summed E-state index contributed by atoms with van der Waals surface area (Å²) in [5.74, 6) is 1.74. The van der Waals surface area contributed by atoms with E-state index in [2.05, 4.69) is 27.7 Å². The van der Waals surface area contributed by atoms with Crippen molar-refractivity contribution in [1.82, 2.24) is 0 Å². The van der Waals surface area contributed by atoms with Crippen LogP contribution < -0.4 is 0 Å². The van der Waals surface area contributed by atoms with Crippen LogP contribution in [0.1, 0.15) is 126 Å². The van der Waals surface area contributed by atoms with Gasteiger partial charge in [-0.05, 0) is 101 Å². The van der Waals surface area contributed by atoms with E-state index in [1.54, 1.807) is 6.92 Å². The zero-order valence-corrected chi connectivity index (χ0v) is 23.2. The Labute approximate surface area is 209 Å². The van der Waals surface area contributed by atoms with Gasteiger partial charge in [-0.15, -0.1) is 0 Å². The van der Waals surface area contributed by atoms with Gasteiger partial charge >= 0.3 is 5.97 Å². The number of aliphatic carboxylic acids is 1. The van der Waals surface area contributed by atoms with Crippen molar-refractivity contribution in [3.63, 3.8) is 0 Å². The molecule has 0 aromatic heterocycles. The van der Waals surface area contributed by atoms with Crippen molar-refractivity contribution in [2.24, 2.45) is 35.5 Å². The van der Waals surface area contributed by atoms with Crippen LogP contribution in [0.2, 0.25) is 0 Å². The summed E-state index contributed by atoms with van der Waals surface area (Å²) in [6.07, 6.45) is 10.0. The first-order valence-electron chi connectivity index (χ1n) is 14.0. The number of rotatable bonds is 16. The summed E-state index contributed by atoms with van der Waals surface area (Å²) in [5.41, 5.74) is -1.51. The molecule has 1 saturated carbocycles. The van der Waals surface area contributed by atoms with E-state index < -0.39 is 17.2 Å². The summed E-state index contributed by atoms with van der Waals surface area (Å²) in [4.78, 5) is 10.9. The largest absolute Gasteiger partial charge is 0.481 e. The third kappa shape index (κ3) is 11.4. The molecule has 5 heteroatoms. The number of hydrogen-bond acceptors (Lipinski definition) is 4. The van der Waals surface area contributed by atoms with Crippen LogP contribution in [-0.4, -0.2) is 43.7 Å². The predicted octanol–water partition coefficient (Wildman–Crippen LogP) is 6.43. The molecule has 34 heavy (non-hydrogen) atoms. The Bertz CT molecular complexity index is 587. The molecule has 202 valence electrons. The van der Waals surface area contributed by atoms with E-state index in [0.29, 0.717) is 61.7 Å². The summed E-state index contributed by atoms with van der Waals surface area (Å²) in [5, 5.41) is 40.8. The number of aliphatic hydroxyl groups is 3. The molecular formula is C29H56O5. The van der Waals surface area contributed by atoms with Gasteiger partial charge < -0.3 is 20.4 Å². The predicted molar refractivity (Wildman–Crippen MR) is 140 cm³/mol. The fourth-order valence-electron chi connectivity index (χ4n) is 5.87. The van der Waals surface area contributed by atoms with Gasteiger partial charge in [0.2, 0.25) is 0 Å². The third-order valence-corrected chi connectivity index (χ3v) is 9.20. The van der Waals surface area contributed by atoms with Crippen LogP contribution in [0.3, 0.4) is 0 Å². The van der Waals surface area contributed by atoms with Crippen molar-refractivity contribution in [3.8, 4) is 0 Å². The van der Waals surface area contributed by atoms with Gasteiger partial charge in [-0.1, -0.05) is 53.9 Å². The molecule has 4 N–H and O–H groups in total. The van der Waals surface area contributed by atoms with Gasteiger partial charge in [-0.3, -0.25) is 4.79 Å². The van der Waals surface area contributed by atoms with E-state index in [4.69, 9.17) is 5.11 Å². The van der Waals surface area contributed by atoms with Gasteiger partial charge in [0.25, 0.3) is 0 Å². The molecular weight excluding hydrogens is 428 g/mol. The van der Waals surface area contributed by atoms with E-state index in [0.717, 1.165) is 32.1 Å². The van der Waals surface area contributed by atoms with Gasteiger partial charge in [-0.2, -0.15) is 0 Å². The van der Waals surface area contributed by atoms with Crippen LogP contribution >= 0.6 is 0 Å². The minimum atomic E-state index is -0.804. The zero-order valence-electron chi connectivity index (χ0n) is 23.2. The van der Waals surface area contributed by atoms with Gasteiger partial charge in [-0.25, -0.2) is 0 Å². The number of carboxylic acid groups (broad SMARTS) is 1. The third-order valence-electron chi connectivity index (χ3n) is 9.20. The van der Waals surface area contributed by atoms with Crippen LogP contribution in [0.25, 0.3) is 0 Å². The second kappa shape index (κ2) is 14.2. The molecule has 1 aliphatic carbocycles. The molecule has 0 radical (unpaired) electrons. The van der Waals surface area contributed by atoms with Crippen molar-refractivity contribution < 1.29 is 25.2 Å². The normalized spacial score (nSPS) is 30.8. The highest BCUT2D eigenvalue weighted by Gasteiger charge is 2.37. The first-order chi connectivity index (χ1) is 15.6. The molecule has 0 amide bonds. The first-order valence-corrected chi connectivity index (χ1v) is 14.0. The maximum Gasteiger partial charge on any atom is 0.306 e. The maximum atomic E-state index is 10.9. The summed E-state index contributed by atoms with van der Waals surface area (Å²) >= 11 is 0. The molecule has 1 fully saturated rings. The van der Waals surface area contributed by atoms with Crippen molar-refractivity contribution in [1.29, 1.82) is 0 Å². The second-order valence-corrected chi connectivity index (χ2v) is 12.7. The first kappa shape index (κ1) is 31.4. The van der Waals surface area contributed by atoms with Crippen molar-refractivity contribution >= 4 is 5.97 Å². The zero-order chi connectivity index (χ0) is 26.1. The summed E-state index contributed by atoms with van der Waals surface area (Å²) < 4.78 is 0. The topological polar surface area (TPSA) is 98.0 Å². The Morgan fingerprint density at radius 3 is 1.85 bits per heavy atom. The molecule has 0 heterocycles. The SMILES string of the molecule is CC(CCCC(C)(O)CCCC(C)(O)CCCC(C)C(=O)O)CCC1CC(O)C(C)C(C)C1C. The lowest BCUT2D eigenvalue weighted by molar-refractivity contribution is -0.141. The molecule has 0 saturated heterocycles. The van der Waals surface area contributed by atoms with Crippen LogP contribution in [0, 0.1) is 35.5 Å². The molecule has 5 nitrogen and oxygen atoms in total. The molecule has 0 spiro atoms. The van der Waals surface area contributed by atoms with Gasteiger partial charge in [0.1, 0.15) is 0 Å². The second-order valence-electron chi connectivity index (χ2n) is 12.7. The van der Waals surface area contributed by atoms with Crippen molar-refractivity contribution in [2.75, 3.05) is 0 Å². The summed E-state index contributed by atoms with van der Waals surface area (Å²) in [6, 6.07) is 0. The molecule has 1 aliphatic rings. The molecule has 0 bridgehead atoms. The Kier molecular flexibility index (Phi) is 13.1. The fourth-order valence-corrected chi connectivity index (χ4v) is 5.87. The van der Waals surface area contributed by atoms with Gasteiger partial charge in [0.15, 0.2) is 0 Å². The standard InChI is InChI=1S/C29H56O5/c1-20(13-14-25-19-26(30)24(5)22(3)23(25)4)11-8-15-28(6,33)17-10-18-29(7,34)16-9-12-21(2)27(31)32/h20-26,30,33-34H,8-19H2,1-7H3,(H,31,32). The van der Waals surface area contributed by atoms with Crippen LogP contribution in [0.15, 0.2) is 0 Å². The van der Waals surface area contributed by atoms with E-state index in [-0.39, 0.29) is 12.0 Å². The number of carbonyl (C=O) groups is 1. The lowest BCUT2D eigenvalue weighted by atomic mass is 9.66. The highest BCUT2D eigenvalue weighted by Crippen LogP contribution is 2.41. The highest BCUT2D eigenvalue weighted by atomic mass is 16.4. The average molecular weight is 485 g/mol. The van der Waals surface area contributed by atoms with E-state index in [1.165, 1.54) is 12.8 Å². The fraction of sp³-hybridized carbons (Fsp3) is 0.966. The van der Waals surface area contributed by atoms with Crippen molar-refractivity contribution in [3.05, 3.63) is 0 Å². The van der Waals surface area contributed by atoms with Gasteiger partial charge in [0.05, 0.1) is 23.2 Å². The number of carboxylic acids is 1. The molecule has 1 rings (SSSR count). The summed E-state index contributed by atoms with van der Waals surface area (Å²) in [6.45, 7) is 14.6. The maximum absolute atomic E-state index is 10.9. The molecule has 0 aromatic carbocycles. The highest BCUT2D eigenvalue weighted by molar-refractivity contribution is 5.69. The lowest BCUT2D eigenvalue weighted by Crippen LogP contribution is -2.39. The van der Waals surface area contributed by atoms with Gasteiger partial charge in [0, 0.05) is 0 Å². The Morgan fingerprint density at radius 2 is 1.32 bits per heavy atom. The van der Waals surface area contributed by atoms with E-state index in [1.807, 2.05) is 13.8 Å². The van der Waals surface area contributed by atoms with Crippen LogP contribution in [0.4, 0.5) is 0 Å². The minimum absolute atomic E-state index is 0.157. The van der Waals surface area contributed by atoms with E-state index >= 15 is 0 Å². The quantitative estimate of drug-likeness (QED) is 0.202. The van der Waals surface area contributed by atoms with Crippen LogP contribution in [-0.2, 0) is 4.79 Å². The number of aliphatic hydroxyl groups excluding tert-OH is 1. The number of hydrogen-bond donors (Lipinski definition) is 4. The smallest absolute Gasteiger partial charge is 0.306 e. The average Bonchev–Trinajstić information content (AvgIpc) is 2.73. The minimum Gasteiger partial charge on any atom is -0.481 e. The summed E-state index contributed by atoms with van der Waals surface area (Å²) in [7, 11) is 0. The monoisotopic (exact) mass is 484 g/mol. The molecule has 0 aliphatic heterocycles. The Hall–Kier alpha value is -0.650. The molecule has 9 atom stereocenters. The molecule has 0 aromatic rings. The van der Waals surface area contributed by atoms with Crippen LogP contribution in [0.5, 0.6) is 0 Å². The Balaban J connectivity index is 2.25. The molecule has 9 unspecified atom stereocenters. The lowest BCUT2D eigenvalue weighted by Gasteiger charge is -2.42. The van der Waals surface area contributed by atoms with E-state index in [9.17, 15) is 20.1 Å². The Morgan fingerprint density at radius 1 is 0.824 bits per heavy atom.